The van der Waals surface area contributed by atoms with Crippen molar-refractivity contribution in [3.05, 3.63) is 47.4 Å². The molecule has 0 saturated heterocycles. The molecule has 9 unspecified atom stereocenters. The Hall–Kier alpha value is -3.16. The van der Waals surface area contributed by atoms with E-state index in [4.69, 9.17) is 9.15 Å². The number of carbonyl (C=O) groups is 3. The lowest BCUT2D eigenvalue weighted by Gasteiger charge is -2.67. The lowest BCUT2D eigenvalue weighted by Crippen LogP contribution is -2.60. The molecular weight excluding hydrogens is 663 g/mol. The molecule has 290 valence electrons. The van der Waals surface area contributed by atoms with Gasteiger partial charge in [-0.2, -0.15) is 0 Å². The van der Waals surface area contributed by atoms with Crippen LogP contribution in [0.15, 0.2) is 45.0 Å². The monoisotopic (exact) mass is 727 g/mol. The van der Waals surface area contributed by atoms with E-state index in [2.05, 4.69) is 63.3 Å². The Morgan fingerprint density at radius 1 is 1.08 bits per heavy atom. The van der Waals surface area contributed by atoms with Gasteiger partial charge in [-0.15, -0.1) is 10.2 Å². The Bertz CT molecular complexity index is 1700. The normalized spacial score (nSPS) is 36.1. The summed E-state index contributed by atoms with van der Waals surface area (Å²) in [5, 5.41) is 9.06. The number of ketones is 1. The van der Waals surface area contributed by atoms with Crippen LogP contribution >= 0.6 is 0 Å². The van der Waals surface area contributed by atoms with Gasteiger partial charge in [0.25, 0.3) is 5.89 Å². The second kappa shape index (κ2) is 14.8. The highest BCUT2D eigenvalue weighted by Gasteiger charge is 2.65. The Balaban J connectivity index is 1.25. The summed E-state index contributed by atoms with van der Waals surface area (Å²) in [4.78, 5) is 43.1. The summed E-state index contributed by atoms with van der Waals surface area (Å²) in [5.74, 6) is 3.59. The van der Waals surface area contributed by atoms with Gasteiger partial charge in [-0.25, -0.2) is 0 Å². The summed E-state index contributed by atoms with van der Waals surface area (Å²) in [5.41, 5.74) is 3.64. The molecule has 8 heteroatoms. The highest BCUT2D eigenvalue weighted by Crippen LogP contribution is 2.72. The average molecular weight is 728 g/mol. The Labute approximate surface area is 318 Å². The molecule has 9 atom stereocenters. The number of Topliss-reactive ketones (excluding diaryl/α,β-unsaturated/α-hetero) is 1. The number of carbonyl (C=O) groups excluding carboxylic acids is 3. The molecule has 0 N–H and O–H groups in total. The van der Waals surface area contributed by atoms with Gasteiger partial charge < -0.3 is 13.9 Å². The van der Waals surface area contributed by atoms with Crippen LogP contribution in [0.5, 0.6) is 0 Å². The average Bonchev–Trinajstić information content (AvgIpc) is 3.68. The fraction of sp³-hybridized carbons (Fsp3) is 0.733. The minimum Gasteiger partial charge on any atom is -0.462 e. The van der Waals surface area contributed by atoms with E-state index in [0.29, 0.717) is 54.1 Å². The molecule has 0 aliphatic heterocycles. The number of nitrogens with zero attached hydrogens (tertiary/aromatic N) is 3. The van der Waals surface area contributed by atoms with Crippen LogP contribution in [0.25, 0.3) is 0 Å². The number of fused-ring (bicyclic) bond motifs is 7. The second-order valence-electron chi connectivity index (χ2n) is 19.2. The predicted octanol–water partition coefficient (Wildman–Crippen LogP) is 10.0. The maximum Gasteiger partial charge on any atom is 0.307 e. The Morgan fingerprint density at radius 3 is 2.45 bits per heavy atom. The van der Waals surface area contributed by atoms with Crippen LogP contribution in [0.2, 0.25) is 0 Å². The quantitative estimate of drug-likeness (QED) is 0.0912. The molecule has 0 radical (unpaired) electrons. The standard InChI is InChI=1S/C45H65N3O5/c1-11-13-33(46-25-28(5)12-2)41-48-47-37(53-41)23-45-21-17-32-30(40(45)39(27(3)4)34(50)22-45)14-15-36-43(9)20-18-35(52-38(51)24-42(7,8)26-49)29(6)31(43)16-19-44(32,36)10/h12,25-27,29-32,35-36H,2,11,13-24H2,1,3-10H3/b28-25-,46-33?. The van der Waals surface area contributed by atoms with Crippen molar-refractivity contribution in [1.29, 1.82) is 0 Å². The first-order valence-corrected chi connectivity index (χ1v) is 20.6. The van der Waals surface area contributed by atoms with Crippen molar-refractivity contribution in [2.24, 2.45) is 62.2 Å². The van der Waals surface area contributed by atoms with Gasteiger partial charge in [0.1, 0.15) is 18.1 Å². The van der Waals surface area contributed by atoms with Crippen molar-refractivity contribution in [2.45, 2.75) is 152 Å². The van der Waals surface area contributed by atoms with E-state index in [9.17, 15) is 14.4 Å². The number of allylic oxidation sites excluding steroid dienone is 4. The number of aliphatic imine (C=N–C) groups is 1. The molecule has 0 spiro atoms. The third-order valence-electron chi connectivity index (χ3n) is 14.9. The zero-order valence-electron chi connectivity index (χ0n) is 34.1. The van der Waals surface area contributed by atoms with Gasteiger partial charge in [-0.3, -0.25) is 14.6 Å². The first-order valence-electron chi connectivity index (χ1n) is 20.6. The number of esters is 1. The lowest BCUT2D eigenvalue weighted by molar-refractivity contribution is -0.191. The minimum atomic E-state index is -0.704. The summed E-state index contributed by atoms with van der Waals surface area (Å²) in [7, 11) is 0. The van der Waals surface area contributed by atoms with Gasteiger partial charge in [-0.05, 0) is 122 Å². The number of ether oxygens (including phenoxy) is 1. The van der Waals surface area contributed by atoms with E-state index in [1.165, 1.54) is 12.0 Å². The van der Waals surface area contributed by atoms with Gasteiger partial charge in [0.15, 0.2) is 5.78 Å². The summed E-state index contributed by atoms with van der Waals surface area (Å²) >= 11 is 0. The first kappa shape index (κ1) is 39.5. The van der Waals surface area contributed by atoms with E-state index >= 15 is 0 Å². The maximum atomic E-state index is 14.1. The molecule has 8 nitrogen and oxygen atoms in total. The zero-order chi connectivity index (χ0) is 38.5. The topological polar surface area (TPSA) is 112 Å². The molecule has 4 fully saturated rings. The van der Waals surface area contributed by atoms with E-state index in [-0.39, 0.29) is 46.6 Å². The van der Waals surface area contributed by atoms with E-state index < -0.39 is 5.41 Å². The Morgan fingerprint density at radius 2 is 1.77 bits per heavy atom. The second-order valence-corrected chi connectivity index (χ2v) is 19.2. The van der Waals surface area contributed by atoms with Crippen LogP contribution in [0, 0.1) is 57.2 Å². The molecule has 0 amide bonds. The summed E-state index contributed by atoms with van der Waals surface area (Å²) < 4.78 is 12.5. The van der Waals surface area contributed by atoms with Gasteiger partial charge in [-0.1, -0.05) is 80.0 Å². The Kier molecular flexibility index (Phi) is 11.1. The zero-order valence-corrected chi connectivity index (χ0v) is 34.1. The van der Waals surface area contributed by atoms with Crippen molar-refractivity contribution < 1.29 is 23.5 Å². The third-order valence-corrected chi connectivity index (χ3v) is 14.9. The maximum absolute atomic E-state index is 14.1. The first-order chi connectivity index (χ1) is 25.0. The van der Waals surface area contributed by atoms with Crippen LogP contribution in [0.1, 0.15) is 151 Å². The molecule has 1 aromatic heterocycles. The summed E-state index contributed by atoms with van der Waals surface area (Å²) in [6.07, 6.45) is 15.8. The summed E-state index contributed by atoms with van der Waals surface area (Å²) in [6.45, 7) is 23.4. The molecule has 0 aromatic carbocycles. The number of hydrogen-bond donors (Lipinski definition) is 0. The lowest BCUT2D eigenvalue weighted by atomic mass is 9.38. The molecule has 1 heterocycles. The molecule has 0 bridgehead atoms. The van der Waals surface area contributed by atoms with Crippen molar-refractivity contribution in [1.82, 2.24) is 10.2 Å². The number of hydrogen-bond acceptors (Lipinski definition) is 8. The molecule has 1 aromatic rings. The fourth-order valence-electron chi connectivity index (χ4n) is 12.4. The molecule has 53 heavy (non-hydrogen) atoms. The molecule has 5 aliphatic rings. The van der Waals surface area contributed by atoms with Crippen molar-refractivity contribution in [3.8, 4) is 0 Å². The van der Waals surface area contributed by atoms with Crippen LogP contribution in [0.4, 0.5) is 0 Å². The minimum absolute atomic E-state index is 0.0930. The van der Waals surface area contributed by atoms with Gasteiger partial charge in [0, 0.05) is 29.9 Å². The van der Waals surface area contributed by atoms with Gasteiger partial charge in [0.2, 0.25) is 5.89 Å². The fourth-order valence-corrected chi connectivity index (χ4v) is 12.4. The number of rotatable bonds is 12. The van der Waals surface area contributed by atoms with Crippen molar-refractivity contribution >= 4 is 23.8 Å². The third kappa shape index (κ3) is 7.10. The predicted molar refractivity (Wildman–Crippen MR) is 208 cm³/mol. The van der Waals surface area contributed by atoms with Gasteiger partial charge in [0.05, 0.1) is 6.42 Å². The smallest absolute Gasteiger partial charge is 0.307 e. The van der Waals surface area contributed by atoms with Crippen molar-refractivity contribution in [2.75, 3.05) is 0 Å². The van der Waals surface area contributed by atoms with Gasteiger partial charge >= 0.3 is 5.97 Å². The van der Waals surface area contributed by atoms with Crippen LogP contribution in [-0.4, -0.2) is 40.1 Å². The van der Waals surface area contributed by atoms with Crippen LogP contribution < -0.4 is 0 Å². The van der Waals surface area contributed by atoms with Crippen LogP contribution in [-0.2, 0) is 25.5 Å². The number of aldehydes is 1. The van der Waals surface area contributed by atoms with E-state index in [1.54, 1.807) is 26.1 Å². The summed E-state index contributed by atoms with van der Waals surface area (Å²) in [6, 6.07) is 0. The molecule has 4 saturated carbocycles. The number of aromatic nitrogens is 2. The molecular formula is C45H65N3O5. The SMILES string of the molecule is C=C/C(C)=C\N=C(CCC)c1nnc(CC23CCC4C(CCC5C4(C)CCC4C(C)C(OC(=O)CC(C)(C)C=O)CCC45C)C2=C(C(C)C)C(=O)C3)o1. The highest BCUT2D eigenvalue weighted by molar-refractivity contribution is 6.00. The molecule has 6 rings (SSSR count). The molecule has 5 aliphatic carbocycles. The van der Waals surface area contributed by atoms with Crippen LogP contribution in [0.3, 0.4) is 0 Å². The highest BCUT2D eigenvalue weighted by atomic mass is 16.5. The van der Waals surface area contributed by atoms with E-state index in [0.717, 1.165) is 80.9 Å². The largest absolute Gasteiger partial charge is 0.462 e. The van der Waals surface area contributed by atoms with Crippen molar-refractivity contribution in [3.63, 3.8) is 0 Å². The van der Waals surface area contributed by atoms with E-state index in [1.807, 2.05) is 6.92 Å².